The molecule has 0 atom stereocenters. The van der Waals surface area contributed by atoms with Crippen molar-refractivity contribution in [3.8, 4) is 11.5 Å². The Bertz CT molecular complexity index is 561. The minimum Gasteiger partial charge on any atom is -0.507 e. The smallest absolute Gasteiger partial charge is 0.263 e. The Balaban J connectivity index is 2.25. The summed E-state index contributed by atoms with van der Waals surface area (Å²) in [4.78, 5) is 11.9. The average Bonchev–Trinajstić information content (AvgIpc) is 2.32. The van der Waals surface area contributed by atoms with E-state index in [-0.39, 0.29) is 17.1 Å². The van der Waals surface area contributed by atoms with Crippen LogP contribution < -0.4 is 5.32 Å². The van der Waals surface area contributed by atoms with Crippen LogP contribution in [0, 0.1) is 0 Å². The molecule has 0 bridgehead atoms. The summed E-state index contributed by atoms with van der Waals surface area (Å²) in [5, 5.41) is 22.2. The number of nitrogens with one attached hydrogen (secondary N) is 1. The number of phenols is 2. The second kappa shape index (κ2) is 4.98. The van der Waals surface area contributed by atoms with E-state index in [9.17, 15) is 15.0 Å². The molecule has 2 aromatic rings. The SMILES string of the molecule is O=C(Nc1ccc(Cl)cc1)c1c(O)cccc1O. The molecule has 92 valence electrons. The molecule has 0 spiro atoms. The lowest BCUT2D eigenvalue weighted by Gasteiger charge is -2.08. The number of carbonyl (C=O) groups is 1. The van der Waals surface area contributed by atoms with E-state index in [1.807, 2.05) is 0 Å². The van der Waals surface area contributed by atoms with Gasteiger partial charge >= 0.3 is 0 Å². The molecule has 0 aliphatic rings. The number of halogens is 1. The van der Waals surface area contributed by atoms with Gasteiger partial charge < -0.3 is 15.5 Å². The number of hydrogen-bond donors (Lipinski definition) is 3. The van der Waals surface area contributed by atoms with Crippen molar-refractivity contribution in [2.75, 3.05) is 5.32 Å². The van der Waals surface area contributed by atoms with Crippen molar-refractivity contribution in [3.63, 3.8) is 0 Å². The second-order valence-corrected chi connectivity index (χ2v) is 4.07. The molecule has 0 aromatic heterocycles. The molecule has 18 heavy (non-hydrogen) atoms. The number of rotatable bonds is 2. The fourth-order valence-corrected chi connectivity index (χ4v) is 1.61. The van der Waals surface area contributed by atoms with Crippen molar-refractivity contribution in [1.82, 2.24) is 0 Å². The van der Waals surface area contributed by atoms with Gasteiger partial charge in [0.25, 0.3) is 5.91 Å². The van der Waals surface area contributed by atoms with Gasteiger partial charge in [0.1, 0.15) is 17.1 Å². The maximum absolute atomic E-state index is 11.9. The first-order valence-electron chi connectivity index (χ1n) is 5.16. The largest absolute Gasteiger partial charge is 0.507 e. The zero-order valence-electron chi connectivity index (χ0n) is 9.22. The summed E-state index contributed by atoms with van der Waals surface area (Å²) in [6, 6.07) is 10.6. The molecule has 0 radical (unpaired) electrons. The van der Waals surface area contributed by atoms with Gasteiger partial charge in [-0.05, 0) is 36.4 Å². The number of aromatic hydroxyl groups is 2. The van der Waals surface area contributed by atoms with E-state index in [1.54, 1.807) is 24.3 Å². The Morgan fingerprint density at radius 2 is 1.56 bits per heavy atom. The Kier molecular flexibility index (Phi) is 3.39. The summed E-state index contributed by atoms with van der Waals surface area (Å²) in [5.74, 6) is -1.14. The van der Waals surface area contributed by atoms with Crippen molar-refractivity contribution in [2.24, 2.45) is 0 Å². The molecule has 0 unspecified atom stereocenters. The van der Waals surface area contributed by atoms with Crippen molar-refractivity contribution < 1.29 is 15.0 Å². The third-order valence-corrected chi connectivity index (χ3v) is 2.60. The third-order valence-electron chi connectivity index (χ3n) is 2.35. The van der Waals surface area contributed by atoms with E-state index < -0.39 is 5.91 Å². The highest BCUT2D eigenvalue weighted by molar-refractivity contribution is 6.30. The van der Waals surface area contributed by atoms with E-state index in [2.05, 4.69) is 5.32 Å². The number of phenolic OH excluding ortho intramolecular Hbond substituents is 2. The summed E-state index contributed by atoms with van der Waals surface area (Å²) < 4.78 is 0. The van der Waals surface area contributed by atoms with Gasteiger partial charge in [0.15, 0.2) is 0 Å². The first-order valence-corrected chi connectivity index (χ1v) is 5.53. The zero-order valence-corrected chi connectivity index (χ0v) is 9.98. The number of hydrogen-bond acceptors (Lipinski definition) is 3. The predicted octanol–water partition coefficient (Wildman–Crippen LogP) is 3.00. The maximum atomic E-state index is 11.9. The minimum atomic E-state index is -0.590. The van der Waals surface area contributed by atoms with Crippen LogP contribution in [0.15, 0.2) is 42.5 Å². The van der Waals surface area contributed by atoms with Crippen LogP contribution in [0.5, 0.6) is 11.5 Å². The predicted molar refractivity (Wildman–Crippen MR) is 69.2 cm³/mol. The Labute approximate surface area is 108 Å². The van der Waals surface area contributed by atoms with Crippen LogP contribution in [-0.2, 0) is 0 Å². The summed E-state index contributed by atoms with van der Waals surface area (Å²) in [5.41, 5.74) is 0.361. The molecule has 4 nitrogen and oxygen atoms in total. The van der Waals surface area contributed by atoms with Gasteiger partial charge in [-0.15, -0.1) is 0 Å². The fourth-order valence-electron chi connectivity index (χ4n) is 1.49. The minimum absolute atomic E-state index is 0.160. The van der Waals surface area contributed by atoms with Gasteiger partial charge in [0, 0.05) is 10.7 Å². The van der Waals surface area contributed by atoms with Gasteiger partial charge in [-0.1, -0.05) is 17.7 Å². The molecular formula is C13H10ClNO3. The van der Waals surface area contributed by atoms with Gasteiger partial charge in [-0.2, -0.15) is 0 Å². The highest BCUT2D eigenvalue weighted by Gasteiger charge is 2.15. The standard InChI is InChI=1S/C13H10ClNO3/c14-8-4-6-9(7-5-8)15-13(18)12-10(16)2-1-3-11(12)17/h1-7,16-17H,(H,15,18). The van der Waals surface area contributed by atoms with Gasteiger partial charge in [-0.3, -0.25) is 4.79 Å². The lowest BCUT2D eigenvalue weighted by molar-refractivity contribution is 0.102. The number of amides is 1. The Morgan fingerprint density at radius 3 is 2.11 bits per heavy atom. The zero-order chi connectivity index (χ0) is 13.1. The van der Waals surface area contributed by atoms with Crippen LogP contribution in [0.25, 0.3) is 0 Å². The van der Waals surface area contributed by atoms with Crippen LogP contribution in [0.4, 0.5) is 5.69 Å². The number of anilines is 1. The molecule has 0 aliphatic heterocycles. The van der Waals surface area contributed by atoms with E-state index in [4.69, 9.17) is 11.6 Å². The normalized spacial score (nSPS) is 10.1. The van der Waals surface area contributed by atoms with Gasteiger partial charge in [0.2, 0.25) is 0 Å². The van der Waals surface area contributed by atoms with Crippen LogP contribution >= 0.6 is 11.6 Å². The summed E-state index contributed by atoms with van der Waals surface area (Å²) in [6.45, 7) is 0. The molecule has 1 amide bonds. The molecule has 0 saturated carbocycles. The molecule has 2 rings (SSSR count). The van der Waals surface area contributed by atoms with Crippen molar-refractivity contribution in [3.05, 3.63) is 53.1 Å². The number of carbonyl (C=O) groups excluding carboxylic acids is 1. The molecule has 0 fully saturated rings. The van der Waals surface area contributed by atoms with Gasteiger partial charge in [0.05, 0.1) is 0 Å². The second-order valence-electron chi connectivity index (χ2n) is 3.63. The van der Waals surface area contributed by atoms with Crippen molar-refractivity contribution in [1.29, 1.82) is 0 Å². The molecule has 0 aliphatic carbocycles. The summed E-state index contributed by atoms with van der Waals surface area (Å²) >= 11 is 5.72. The molecule has 5 heteroatoms. The average molecular weight is 264 g/mol. The monoisotopic (exact) mass is 263 g/mol. The Morgan fingerprint density at radius 1 is 1.00 bits per heavy atom. The van der Waals surface area contributed by atoms with E-state index in [0.29, 0.717) is 10.7 Å². The summed E-state index contributed by atoms with van der Waals surface area (Å²) in [6.07, 6.45) is 0. The lowest BCUT2D eigenvalue weighted by atomic mass is 10.1. The topological polar surface area (TPSA) is 69.6 Å². The van der Waals surface area contributed by atoms with Crippen LogP contribution in [0.1, 0.15) is 10.4 Å². The first kappa shape index (κ1) is 12.3. The summed E-state index contributed by atoms with van der Waals surface area (Å²) in [7, 11) is 0. The highest BCUT2D eigenvalue weighted by Crippen LogP contribution is 2.27. The van der Waals surface area contributed by atoms with Crippen molar-refractivity contribution >= 4 is 23.2 Å². The van der Waals surface area contributed by atoms with Gasteiger partial charge in [-0.25, -0.2) is 0 Å². The molecule has 0 saturated heterocycles. The number of benzene rings is 2. The van der Waals surface area contributed by atoms with E-state index in [0.717, 1.165) is 0 Å². The van der Waals surface area contributed by atoms with Crippen LogP contribution in [0.2, 0.25) is 5.02 Å². The van der Waals surface area contributed by atoms with Crippen molar-refractivity contribution in [2.45, 2.75) is 0 Å². The maximum Gasteiger partial charge on any atom is 0.263 e. The fraction of sp³-hybridized carbons (Fsp3) is 0. The van der Waals surface area contributed by atoms with E-state index >= 15 is 0 Å². The molecule has 2 aromatic carbocycles. The Hall–Kier alpha value is -2.20. The lowest BCUT2D eigenvalue weighted by Crippen LogP contribution is -2.12. The van der Waals surface area contributed by atoms with E-state index in [1.165, 1.54) is 18.2 Å². The van der Waals surface area contributed by atoms with Crippen LogP contribution in [-0.4, -0.2) is 16.1 Å². The molecular weight excluding hydrogens is 254 g/mol. The molecule has 3 N–H and O–H groups in total. The quantitative estimate of drug-likeness (QED) is 0.780. The third kappa shape index (κ3) is 2.55. The molecule has 0 heterocycles. The van der Waals surface area contributed by atoms with Crippen LogP contribution in [0.3, 0.4) is 0 Å². The first-order chi connectivity index (χ1) is 8.58. The highest BCUT2D eigenvalue weighted by atomic mass is 35.5.